The molecular formula is C14H18N2O2S. The number of thioether (sulfide) groups is 1. The number of rotatable bonds is 3. The molecule has 1 fully saturated rings. The van der Waals surface area contributed by atoms with Crippen LogP contribution in [-0.4, -0.2) is 43.3 Å². The van der Waals surface area contributed by atoms with Gasteiger partial charge in [0.15, 0.2) is 0 Å². The molecule has 0 radical (unpaired) electrons. The van der Waals surface area contributed by atoms with Crippen molar-refractivity contribution in [1.29, 1.82) is 5.26 Å². The Bertz CT molecular complexity index is 487. The SMILES string of the molecule is CSc1cccc(N2CC(CO)OCC2C)c1C#N. The molecule has 1 saturated heterocycles. The number of anilines is 1. The second kappa shape index (κ2) is 6.29. The van der Waals surface area contributed by atoms with Crippen LogP contribution in [0.1, 0.15) is 12.5 Å². The Morgan fingerprint density at radius 3 is 3.00 bits per heavy atom. The van der Waals surface area contributed by atoms with Gasteiger partial charge in [0, 0.05) is 17.5 Å². The monoisotopic (exact) mass is 278 g/mol. The quantitative estimate of drug-likeness (QED) is 0.855. The average Bonchev–Trinajstić information content (AvgIpc) is 2.46. The molecule has 1 N–H and O–H groups in total. The van der Waals surface area contributed by atoms with Crippen LogP contribution in [0, 0.1) is 11.3 Å². The molecule has 1 aliphatic heterocycles. The third kappa shape index (κ3) is 2.86. The van der Waals surface area contributed by atoms with Crippen molar-refractivity contribution < 1.29 is 9.84 Å². The summed E-state index contributed by atoms with van der Waals surface area (Å²) in [7, 11) is 0. The molecular weight excluding hydrogens is 260 g/mol. The Labute approximate surface area is 118 Å². The molecule has 2 unspecified atom stereocenters. The van der Waals surface area contributed by atoms with Crippen LogP contribution in [0.5, 0.6) is 0 Å². The van der Waals surface area contributed by atoms with Crippen LogP contribution >= 0.6 is 11.8 Å². The summed E-state index contributed by atoms with van der Waals surface area (Å²) < 4.78 is 5.54. The van der Waals surface area contributed by atoms with Gasteiger partial charge in [0.25, 0.3) is 0 Å². The van der Waals surface area contributed by atoms with Gasteiger partial charge in [-0.3, -0.25) is 0 Å². The third-order valence-electron chi connectivity index (χ3n) is 3.35. The zero-order chi connectivity index (χ0) is 13.8. The van der Waals surface area contributed by atoms with E-state index in [0.717, 1.165) is 10.6 Å². The van der Waals surface area contributed by atoms with Crippen LogP contribution in [0.3, 0.4) is 0 Å². The molecule has 0 spiro atoms. The van der Waals surface area contributed by atoms with Crippen LogP contribution < -0.4 is 4.90 Å². The van der Waals surface area contributed by atoms with Crippen LogP contribution in [0.25, 0.3) is 0 Å². The second-order valence-electron chi connectivity index (χ2n) is 4.61. The van der Waals surface area contributed by atoms with Gasteiger partial charge in [-0.25, -0.2) is 0 Å². The van der Waals surface area contributed by atoms with Gasteiger partial charge in [0.05, 0.1) is 30.6 Å². The number of nitriles is 1. The molecule has 1 aromatic rings. The Balaban J connectivity index is 2.37. The lowest BCUT2D eigenvalue weighted by Crippen LogP contribution is -2.49. The topological polar surface area (TPSA) is 56.5 Å². The number of nitrogens with zero attached hydrogens (tertiary/aromatic N) is 2. The highest BCUT2D eigenvalue weighted by atomic mass is 32.2. The van der Waals surface area contributed by atoms with Crippen molar-refractivity contribution in [1.82, 2.24) is 0 Å². The van der Waals surface area contributed by atoms with E-state index in [-0.39, 0.29) is 18.8 Å². The van der Waals surface area contributed by atoms with Gasteiger partial charge in [-0.1, -0.05) is 6.07 Å². The number of benzene rings is 1. The second-order valence-corrected chi connectivity index (χ2v) is 5.45. The summed E-state index contributed by atoms with van der Waals surface area (Å²) in [4.78, 5) is 3.14. The van der Waals surface area contributed by atoms with Crippen molar-refractivity contribution in [3.8, 4) is 6.07 Å². The third-order valence-corrected chi connectivity index (χ3v) is 4.13. The van der Waals surface area contributed by atoms with E-state index in [1.54, 1.807) is 11.8 Å². The van der Waals surface area contributed by atoms with E-state index in [0.29, 0.717) is 18.7 Å². The van der Waals surface area contributed by atoms with Gasteiger partial charge >= 0.3 is 0 Å². The lowest BCUT2D eigenvalue weighted by atomic mass is 10.1. The maximum atomic E-state index is 9.40. The molecule has 4 nitrogen and oxygen atoms in total. The summed E-state index contributed by atoms with van der Waals surface area (Å²) in [5.74, 6) is 0. The van der Waals surface area contributed by atoms with Gasteiger partial charge in [0.2, 0.25) is 0 Å². The normalized spacial score (nSPS) is 23.2. The molecule has 0 bridgehead atoms. The first-order valence-electron chi connectivity index (χ1n) is 6.27. The minimum atomic E-state index is -0.180. The van der Waals surface area contributed by atoms with E-state index in [9.17, 15) is 10.4 Å². The minimum Gasteiger partial charge on any atom is -0.394 e. The maximum absolute atomic E-state index is 9.40. The lowest BCUT2D eigenvalue weighted by Gasteiger charge is -2.39. The molecule has 2 rings (SSSR count). The van der Waals surface area contributed by atoms with Crippen molar-refractivity contribution in [2.75, 3.05) is 30.9 Å². The standard InChI is InChI=1S/C14H18N2O2S/c1-10-9-18-11(8-17)7-16(10)13-4-3-5-14(19-2)12(13)6-15/h3-5,10-11,17H,7-9H2,1-2H3. The maximum Gasteiger partial charge on any atom is 0.103 e. The number of hydrogen-bond donors (Lipinski definition) is 1. The first kappa shape index (κ1) is 14.2. The van der Waals surface area contributed by atoms with Crippen LogP contribution in [0.4, 0.5) is 5.69 Å². The van der Waals surface area contributed by atoms with Crippen molar-refractivity contribution in [2.24, 2.45) is 0 Å². The van der Waals surface area contributed by atoms with Crippen LogP contribution in [0.15, 0.2) is 23.1 Å². The van der Waals surface area contributed by atoms with Crippen LogP contribution in [-0.2, 0) is 4.74 Å². The minimum absolute atomic E-state index is 0.00727. The highest BCUT2D eigenvalue weighted by molar-refractivity contribution is 7.98. The van der Waals surface area contributed by atoms with E-state index in [4.69, 9.17) is 4.74 Å². The number of morpholine rings is 1. The van der Waals surface area contributed by atoms with E-state index < -0.39 is 0 Å². The Hall–Kier alpha value is -1.22. The smallest absolute Gasteiger partial charge is 0.103 e. The molecule has 1 aliphatic rings. The first-order chi connectivity index (χ1) is 9.21. The Morgan fingerprint density at radius 2 is 2.37 bits per heavy atom. The predicted molar refractivity (Wildman–Crippen MR) is 76.6 cm³/mol. The zero-order valence-corrected chi connectivity index (χ0v) is 12.0. The van der Waals surface area contributed by atoms with Crippen molar-refractivity contribution in [2.45, 2.75) is 24.0 Å². The van der Waals surface area contributed by atoms with Gasteiger partial charge in [-0.05, 0) is 25.3 Å². The van der Waals surface area contributed by atoms with Gasteiger partial charge in [-0.2, -0.15) is 5.26 Å². The molecule has 19 heavy (non-hydrogen) atoms. The highest BCUT2D eigenvalue weighted by Gasteiger charge is 2.27. The molecule has 0 saturated carbocycles. The molecule has 5 heteroatoms. The van der Waals surface area contributed by atoms with E-state index in [1.807, 2.05) is 24.5 Å². The molecule has 1 heterocycles. The predicted octanol–water partition coefficient (Wildman–Crippen LogP) is 1.87. The van der Waals surface area contributed by atoms with Crippen LogP contribution in [0.2, 0.25) is 0 Å². The zero-order valence-electron chi connectivity index (χ0n) is 11.2. The Kier molecular flexibility index (Phi) is 4.70. The molecule has 2 atom stereocenters. The van der Waals surface area contributed by atoms with Crippen molar-refractivity contribution in [3.63, 3.8) is 0 Å². The fraction of sp³-hybridized carbons (Fsp3) is 0.500. The average molecular weight is 278 g/mol. The molecule has 0 aromatic heterocycles. The van der Waals surface area contributed by atoms with Crippen molar-refractivity contribution in [3.05, 3.63) is 23.8 Å². The Morgan fingerprint density at radius 1 is 1.58 bits per heavy atom. The highest BCUT2D eigenvalue weighted by Crippen LogP contribution is 2.31. The summed E-state index contributed by atoms with van der Waals surface area (Å²) in [5.41, 5.74) is 1.64. The summed E-state index contributed by atoms with van der Waals surface area (Å²) in [6.45, 7) is 3.26. The van der Waals surface area contributed by atoms with Crippen molar-refractivity contribution >= 4 is 17.4 Å². The molecule has 102 valence electrons. The summed E-state index contributed by atoms with van der Waals surface area (Å²) in [6.07, 6.45) is 1.79. The molecule has 0 amide bonds. The van der Waals surface area contributed by atoms with Gasteiger partial charge in [-0.15, -0.1) is 11.8 Å². The largest absolute Gasteiger partial charge is 0.394 e. The number of aliphatic hydroxyl groups is 1. The molecule has 1 aromatic carbocycles. The molecule has 0 aliphatic carbocycles. The first-order valence-corrected chi connectivity index (χ1v) is 7.50. The van der Waals surface area contributed by atoms with Gasteiger partial charge < -0.3 is 14.7 Å². The fourth-order valence-electron chi connectivity index (χ4n) is 2.30. The number of hydrogen-bond acceptors (Lipinski definition) is 5. The summed E-state index contributed by atoms with van der Waals surface area (Å²) in [5, 5.41) is 18.6. The van der Waals surface area contributed by atoms with E-state index in [1.165, 1.54) is 0 Å². The lowest BCUT2D eigenvalue weighted by molar-refractivity contribution is -0.0103. The fourth-order valence-corrected chi connectivity index (χ4v) is 2.87. The van der Waals surface area contributed by atoms with E-state index in [2.05, 4.69) is 17.9 Å². The van der Waals surface area contributed by atoms with Gasteiger partial charge in [0.1, 0.15) is 6.07 Å². The van der Waals surface area contributed by atoms with E-state index >= 15 is 0 Å². The summed E-state index contributed by atoms with van der Waals surface area (Å²) in [6, 6.07) is 8.40. The number of ether oxygens (including phenoxy) is 1. The number of aliphatic hydroxyl groups excluding tert-OH is 1. The summed E-state index contributed by atoms with van der Waals surface area (Å²) >= 11 is 1.58.